The lowest BCUT2D eigenvalue weighted by Gasteiger charge is -2.10. The lowest BCUT2D eigenvalue weighted by molar-refractivity contribution is 0.0694. The second-order valence-corrected chi connectivity index (χ2v) is 8.57. The van der Waals surface area contributed by atoms with E-state index in [2.05, 4.69) is 10.3 Å². The molecular weight excluding hydrogens is 471 g/mol. The maximum atomic E-state index is 13.2. The summed E-state index contributed by atoms with van der Waals surface area (Å²) in [5.41, 5.74) is 0.886. The number of rotatable bonds is 11. The average molecular weight is 492 g/mol. The molecular formula is C22H21FN2O8S. The zero-order chi connectivity index (χ0) is 24.7. The molecule has 0 saturated carbocycles. The molecule has 0 amide bonds. The van der Waals surface area contributed by atoms with E-state index in [1.807, 2.05) is 6.92 Å². The number of nitrogens with zero attached hydrogens (tertiary/aromatic N) is 2. The third-order valence-corrected chi connectivity index (χ3v) is 4.69. The third kappa shape index (κ3) is 6.78. The molecule has 34 heavy (non-hydrogen) atoms. The van der Waals surface area contributed by atoms with Crippen LogP contribution in [0.4, 0.5) is 4.39 Å². The second kappa shape index (κ2) is 10.8. The zero-order valence-corrected chi connectivity index (χ0v) is 19.0. The van der Waals surface area contributed by atoms with Gasteiger partial charge in [-0.1, -0.05) is 17.2 Å². The van der Waals surface area contributed by atoms with E-state index in [0.717, 1.165) is 12.3 Å². The maximum Gasteiger partial charge on any atom is 0.339 e. The van der Waals surface area contributed by atoms with E-state index in [9.17, 15) is 22.7 Å². The van der Waals surface area contributed by atoms with Crippen LogP contribution in [0.2, 0.25) is 0 Å². The van der Waals surface area contributed by atoms with Crippen LogP contribution in [0.25, 0.3) is 11.3 Å². The SMILES string of the molecule is CCCON=C(COc1ccc(OS(C)(=O)=O)c(C(=O)O)c1)c1cc(-c2ccc(F)cc2)no1. The molecule has 180 valence electrons. The molecule has 0 atom stereocenters. The van der Waals surface area contributed by atoms with Gasteiger partial charge in [-0.2, -0.15) is 8.42 Å². The minimum absolute atomic E-state index is 0.111. The standard InChI is InChI=1S/C22H21FN2O8S/c1-3-10-31-24-19(21-12-18(25-32-21)14-4-6-15(23)7-5-14)13-30-16-8-9-20(33-34(2,28)29)17(11-16)22(26)27/h4-9,11-12H,3,10,13H2,1-2H3,(H,26,27). The summed E-state index contributed by atoms with van der Waals surface area (Å²) in [6.07, 6.45) is 1.51. The van der Waals surface area contributed by atoms with Crippen LogP contribution >= 0.6 is 0 Å². The molecule has 2 aromatic carbocycles. The normalized spacial score (nSPS) is 11.8. The minimum Gasteiger partial charge on any atom is -0.487 e. The van der Waals surface area contributed by atoms with E-state index in [0.29, 0.717) is 24.3 Å². The first-order valence-electron chi connectivity index (χ1n) is 9.97. The van der Waals surface area contributed by atoms with Gasteiger partial charge >= 0.3 is 16.1 Å². The molecule has 12 heteroatoms. The average Bonchev–Trinajstić information content (AvgIpc) is 3.26. The predicted molar refractivity (Wildman–Crippen MR) is 119 cm³/mol. The molecule has 0 radical (unpaired) electrons. The van der Waals surface area contributed by atoms with Crippen molar-refractivity contribution in [1.29, 1.82) is 0 Å². The summed E-state index contributed by atoms with van der Waals surface area (Å²) >= 11 is 0. The Kier molecular flexibility index (Phi) is 7.84. The molecule has 0 bridgehead atoms. The lowest BCUT2D eigenvalue weighted by Crippen LogP contribution is -2.14. The Morgan fingerprint density at radius 3 is 2.56 bits per heavy atom. The largest absolute Gasteiger partial charge is 0.487 e. The van der Waals surface area contributed by atoms with Gasteiger partial charge in [-0.05, 0) is 48.9 Å². The number of hydrogen-bond acceptors (Lipinski definition) is 9. The molecule has 1 aromatic heterocycles. The van der Waals surface area contributed by atoms with Crippen LogP contribution < -0.4 is 8.92 Å². The van der Waals surface area contributed by atoms with Crippen molar-refractivity contribution in [3.8, 4) is 22.8 Å². The molecule has 0 fully saturated rings. The van der Waals surface area contributed by atoms with E-state index >= 15 is 0 Å². The van der Waals surface area contributed by atoms with Crippen molar-refractivity contribution in [2.75, 3.05) is 19.5 Å². The van der Waals surface area contributed by atoms with Gasteiger partial charge in [-0.3, -0.25) is 0 Å². The van der Waals surface area contributed by atoms with Gasteiger partial charge in [-0.25, -0.2) is 9.18 Å². The van der Waals surface area contributed by atoms with Gasteiger partial charge in [0.15, 0.2) is 17.2 Å². The highest BCUT2D eigenvalue weighted by Crippen LogP contribution is 2.26. The number of benzene rings is 2. The van der Waals surface area contributed by atoms with Crippen LogP contribution in [0.3, 0.4) is 0 Å². The number of ether oxygens (including phenoxy) is 1. The van der Waals surface area contributed by atoms with Crippen molar-refractivity contribution in [1.82, 2.24) is 5.16 Å². The Labute approximate surface area is 194 Å². The summed E-state index contributed by atoms with van der Waals surface area (Å²) in [4.78, 5) is 16.8. The second-order valence-electron chi connectivity index (χ2n) is 6.99. The maximum absolute atomic E-state index is 13.2. The monoisotopic (exact) mass is 492 g/mol. The lowest BCUT2D eigenvalue weighted by atomic mass is 10.1. The minimum atomic E-state index is -3.92. The summed E-state index contributed by atoms with van der Waals surface area (Å²) in [5, 5.41) is 17.4. The van der Waals surface area contributed by atoms with Crippen LogP contribution in [0.1, 0.15) is 29.5 Å². The summed E-state index contributed by atoms with van der Waals surface area (Å²) in [7, 11) is -3.92. The van der Waals surface area contributed by atoms with E-state index in [1.165, 1.54) is 24.3 Å². The Hall–Kier alpha value is -3.93. The number of carboxylic acid groups (broad SMARTS) is 1. The topological polar surface area (TPSA) is 138 Å². The van der Waals surface area contributed by atoms with Gasteiger partial charge in [-0.15, -0.1) is 0 Å². The number of aromatic nitrogens is 1. The number of hydrogen-bond donors (Lipinski definition) is 1. The van der Waals surface area contributed by atoms with Crippen molar-refractivity contribution in [3.63, 3.8) is 0 Å². The smallest absolute Gasteiger partial charge is 0.339 e. The van der Waals surface area contributed by atoms with Crippen molar-refractivity contribution in [2.45, 2.75) is 13.3 Å². The highest BCUT2D eigenvalue weighted by atomic mass is 32.2. The summed E-state index contributed by atoms with van der Waals surface area (Å²) in [6.45, 7) is 2.05. The van der Waals surface area contributed by atoms with Crippen LogP contribution in [0, 0.1) is 5.82 Å². The number of carboxylic acids is 1. The summed E-state index contributed by atoms with van der Waals surface area (Å²) in [6, 6.07) is 10.9. The molecule has 3 aromatic rings. The van der Waals surface area contributed by atoms with Gasteiger partial charge in [0.2, 0.25) is 0 Å². The van der Waals surface area contributed by atoms with Crippen LogP contribution in [-0.2, 0) is 15.0 Å². The number of aromatic carboxylic acids is 1. The first-order chi connectivity index (χ1) is 16.2. The Morgan fingerprint density at radius 2 is 1.91 bits per heavy atom. The number of carbonyl (C=O) groups is 1. The fraction of sp³-hybridized carbons (Fsp3) is 0.227. The highest BCUT2D eigenvalue weighted by Gasteiger charge is 2.19. The van der Waals surface area contributed by atoms with Crippen molar-refractivity contribution >= 4 is 21.8 Å². The van der Waals surface area contributed by atoms with Gasteiger partial charge in [0.1, 0.15) is 36.0 Å². The van der Waals surface area contributed by atoms with Gasteiger partial charge in [0.05, 0.1) is 6.26 Å². The van der Waals surface area contributed by atoms with E-state index in [1.54, 1.807) is 18.2 Å². The molecule has 0 unspecified atom stereocenters. The van der Waals surface area contributed by atoms with Gasteiger partial charge in [0, 0.05) is 11.6 Å². The van der Waals surface area contributed by atoms with Gasteiger partial charge in [0.25, 0.3) is 0 Å². The van der Waals surface area contributed by atoms with E-state index in [-0.39, 0.29) is 35.4 Å². The number of oxime groups is 1. The summed E-state index contributed by atoms with van der Waals surface area (Å²) < 4.78 is 51.6. The predicted octanol–water partition coefficient (Wildman–Crippen LogP) is 3.73. The fourth-order valence-electron chi connectivity index (χ4n) is 2.68. The number of halogens is 1. The molecule has 0 saturated heterocycles. The molecule has 1 heterocycles. The molecule has 0 aliphatic carbocycles. The highest BCUT2D eigenvalue weighted by molar-refractivity contribution is 7.86. The van der Waals surface area contributed by atoms with Crippen molar-refractivity contribution < 1.29 is 41.0 Å². The third-order valence-electron chi connectivity index (χ3n) is 4.20. The van der Waals surface area contributed by atoms with Crippen molar-refractivity contribution in [2.24, 2.45) is 5.16 Å². The first kappa shape index (κ1) is 24.7. The van der Waals surface area contributed by atoms with Crippen LogP contribution in [0.5, 0.6) is 11.5 Å². The Morgan fingerprint density at radius 1 is 1.18 bits per heavy atom. The zero-order valence-electron chi connectivity index (χ0n) is 18.2. The van der Waals surface area contributed by atoms with Crippen LogP contribution in [-0.4, -0.2) is 49.8 Å². The van der Waals surface area contributed by atoms with Crippen molar-refractivity contribution in [3.05, 3.63) is 65.7 Å². The quantitative estimate of drug-likeness (QED) is 0.184. The molecule has 1 N–H and O–H groups in total. The van der Waals surface area contributed by atoms with Crippen LogP contribution in [0.15, 0.2) is 58.2 Å². The first-order valence-corrected chi connectivity index (χ1v) is 11.8. The molecule has 10 nitrogen and oxygen atoms in total. The summed E-state index contributed by atoms with van der Waals surface area (Å²) in [5.74, 6) is -1.79. The molecule has 0 spiro atoms. The Balaban J connectivity index is 1.82. The molecule has 3 rings (SSSR count). The Bertz CT molecular complexity index is 1290. The van der Waals surface area contributed by atoms with Gasteiger partial charge < -0.3 is 23.4 Å². The fourth-order valence-corrected chi connectivity index (χ4v) is 3.15. The van der Waals surface area contributed by atoms with E-state index < -0.39 is 21.7 Å². The van der Waals surface area contributed by atoms with E-state index in [4.69, 9.17) is 18.3 Å². The molecule has 0 aliphatic rings. The molecule has 0 aliphatic heterocycles.